The summed E-state index contributed by atoms with van der Waals surface area (Å²) in [6, 6.07) is 11.3. The molecule has 0 unspecified atom stereocenters. The maximum absolute atomic E-state index is 5.83. The van der Waals surface area contributed by atoms with Gasteiger partial charge in [0.15, 0.2) is 0 Å². The Kier molecular flexibility index (Phi) is 3.87. The Morgan fingerprint density at radius 2 is 1.72 bits per heavy atom. The van der Waals surface area contributed by atoms with Crippen LogP contribution >= 0.6 is 11.6 Å². The Morgan fingerprint density at radius 1 is 1.06 bits per heavy atom. The molecule has 0 saturated carbocycles. The Balaban J connectivity index is 2.22. The van der Waals surface area contributed by atoms with Gasteiger partial charge in [0.2, 0.25) is 0 Å². The minimum Gasteiger partial charge on any atom is -0.455 e. The second-order valence-corrected chi connectivity index (χ2v) is 4.97. The number of nitrogens with zero attached hydrogens (tertiary/aromatic N) is 1. The van der Waals surface area contributed by atoms with Crippen LogP contribution in [0.1, 0.15) is 31.2 Å². The molecule has 18 heavy (non-hydrogen) atoms. The van der Waals surface area contributed by atoms with E-state index in [1.807, 2.05) is 43.3 Å². The third-order valence-electron chi connectivity index (χ3n) is 2.69. The number of pyridine rings is 1. The van der Waals surface area contributed by atoms with Crippen molar-refractivity contribution in [2.45, 2.75) is 26.7 Å². The van der Waals surface area contributed by atoms with Crippen molar-refractivity contribution in [2.75, 3.05) is 0 Å². The molecule has 1 aromatic heterocycles. The summed E-state index contributed by atoms with van der Waals surface area (Å²) in [5.41, 5.74) is 1.98. The van der Waals surface area contributed by atoms with E-state index >= 15 is 0 Å². The molecular weight excluding hydrogens is 246 g/mol. The van der Waals surface area contributed by atoms with Crippen molar-refractivity contribution in [2.24, 2.45) is 0 Å². The summed E-state index contributed by atoms with van der Waals surface area (Å²) in [5.74, 6) is 1.97. The fraction of sp³-hybridized carbons (Fsp3) is 0.267. The zero-order chi connectivity index (χ0) is 13.1. The fourth-order valence-corrected chi connectivity index (χ4v) is 1.75. The van der Waals surface area contributed by atoms with E-state index in [-0.39, 0.29) is 0 Å². The molecule has 0 amide bonds. The lowest BCUT2D eigenvalue weighted by Gasteiger charge is -2.11. The summed E-state index contributed by atoms with van der Waals surface area (Å²) in [6.45, 7) is 6.21. The van der Waals surface area contributed by atoms with Gasteiger partial charge in [-0.2, -0.15) is 0 Å². The van der Waals surface area contributed by atoms with Gasteiger partial charge in [-0.05, 0) is 49.2 Å². The smallest absolute Gasteiger partial charge is 0.148 e. The number of aryl methyl sites for hydroxylation is 1. The van der Waals surface area contributed by atoms with Crippen molar-refractivity contribution in [1.82, 2.24) is 4.98 Å². The van der Waals surface area contributed by atoms with Crippen LogP contribution in [0.5, 0.6) is 11.5 Å². The normalized spacial score (nSPS) is 10.7. The van der Waals surface area contributed by atoms with E-state index < -0.39 is 0 Å². The first-order chi connectivity index (χ1) is 8.56. The van der Waals surface area contributed by atoms with E-state index in [1.165, 1.54) is 0 Å². The summed E-state index contributed by atoms with van der Waals surface area (Å²) in [6.07, 6.45) is 0. The minimum atomic E-state index is 0.424. The Hall–Kier alpha value is -1.54. The topological polar surface area (TPSA) is 22.1 Å². The predicted octanol–water partition coefficient (Wildman–Crippen LogP) is 4.96. The van der Waals surface area contributed by atoms with Crippen LogP contribution in [0.15, 0.2) is 36.4 Å². The molecule has 0 saturated heterocycles. The lowest BCUT2D eigenvalue weighted by atomic mass is 10.1. The molecule has 0 N–H and O–H groups in total. The van der Waals surface area contributed by atoms with Gasteiger partial charge < -0.3 is 4.74 Å². The average molecular weight is 262 g/mol. The minimum absolute atomic E-state index is 0.424. The maximum atomic E-state index is 5.83. The summed E-state index contributed by atoms with van der Waals surface area (Å²) in [5, 5.41) is 0.701. The van der Waals surface area contributed by atoms with Crippen LogP contribution in [0.2, 0.25) is 5.02 Å². The summed E-state index contributed by atoms with van der Waals surface area (Å²) in [7, 11) is 0. The van der Waals surface area contributed by atoms with Gasteiger partial charge in [-0.1, -0.05) is 25.4 Å². The third-order valence-corrected chi connectivity index (χ3v) is 2.94. The molecule has 0 bridgehead atoms. The van der Waals surface area contributed by atoms with Gasteiger partial charge in [-0.25, -0.2) is 0 Å². The fourth-order valence-electron chi connectivity index (χ4n) is 1.63. The highest BCUT2D eigenvalue weighted by atomic mass is 35.5. The van der Waals surface area contributed by atoms with Gasteiger partial charge in [-0.15, -0.1) is 0 Å². The molecule has 0 atom stereocenters. The van der Waals surface area contributed by atoms with Crippen LogP contribution in [-0.2, 0) is 0 Å². The molecule has 2 nitrogen and oxygen atoms in total. The third kappa shape index (κ3) is 3.02. The number of halogens is 1. The van der Waals surface area contributed by atoms with Crippen LogP contribution < -0.4 is 4.74 Å². The van der Waals surface area contributed by atoms with Crippen molar-refractivity contribution in [1.29, 1.82) is 0 Å². The molecule has 3 heteroatoms. The second-order valence-electron chi connectivity index (χ2n) is 4.53. The van der Waals surface area contributed by atoms with Crippen LogP contribution in [0, 0.1) is 6.92 Å². The zero-order valence-corrected chi connectivity index (χ0v) is 11.5. The number of hydrogen-bond acceptors (Lipinski definition) is 2. The van der Waals surface area contributed by atoms with E-state index in [4.69, 9.17) is 16.3 Å². The van der Waals surface area contributed by atoms with Crippen LogP contribution in [0.4, 0.5) is 0 Å². The maximum Gasteiger partial charge on any atom is 0.148 e. The van der Waals surface area contributed by atoms with Crippen molar-refractivity contribution >= 4 is 11.6 Å². The van der Waals surface area contributed by atoms with E-state index in [2.05, 4.69) is 18.8 Å². The highest BCUT2D eigenvalue weighted by Gasteiger charge is 2.06. The van der Waals surface area contributed by atoms with Gasteiger partial charge in [-0.3, -0.25) is 4.98 Å². The predicted molar refractivity (Wildman–Crippen MR) is 74.6 cm³/mol. The molecule has 0 aliphatic heterocycles. The van der Waals surface area contributed by atoms with Gasteiger partial charge in [0.1, 0.15) is 11.5 Å². The Morgan fingerprint density at radius 3 is 2.28 bits per heavy atom. The van der Waals surface area contributed by atoms with E-state index in [0.29, 0.717) is 10.9 Å². The first-order valence-electron chi connectivity index (χ1n) is 5.97. The van der Waals surface area contributed by atoms with Gasteiger partial charge in [0.05, 0.1) is 5.69 Å². The molecule has 0 aliphatic carbocycles. The Bertz CT molecular complexity index is 535. The molecule has 94 valence electrons. The van der Waals surface area contributed by atoms with E-state index in [1.54, 1.807) is 0 Å². The second kappa shape index (κ2) is 5.40. The van der Waals surface area contributed by atoms with Gasteiger partial charge >= 0.3 is 0 Å². The zero-order valence-electron chi connectivity index (χ0n) is 10.8. The van der Waals surface area contributed by atoms with Crippen molar-refractivity contribution in [3.05, 3.63) is 52.8 Å². The van der Waals surface area contributed by atoms with Gasteiger partial charge in [0, 0.05) is 10.7 Å². The number of benzene rings is 1. The quantitative estimate of drug-likeness (QED) is 0.779. The number of ether oxygens (including phenoxy) is 1. The molecule has 0 fully saturated rings. The van der Waals surface area contributed by atoms with E-state index in [9.17, 15) is 0 Å². The first kappa shape index (κ1) is 12.9. The lowest BCUT2D eigenvalue weighted by molar-refractivity contribution is 0.474. The molecule has 1 aromatic carbocycles. The summed E-state index contributed by atoms with van der Waals surface area (Å²) >= 11 is 5.83. The van der Waals surface area contributed by atoms with Crippen molar-refractivity contribution < 1.29 is 4.74 Å². The highest BCUT2D eigenvalue weighted by molar-refractivity contribution is 6.30. The molecule has 0 radical (unpaired) electrons. The molecule has 0 spiro atoms. The monoisotopic (exact) mass is 261 g/mol. The Labute approximate surface area is 113 Å². The van der Waals surface area contributed by atoms with E-state index in [0.717, 1.165) is 22.9 Å². The standard InChI is InChI=1S/C15H16ClNO/c1-10(2)14-8-9-15(11(3)17-14)18-13-6-4-12(16)5-7-13/h4-10H,1-3H3. The van der Waals surface area contributed by atoms with Crippen LogP contribution in [0.25, 0.3) is 0 Å². The summed E-state index contributed by atoms with van der Waals surface area (Å²) < 4.78 is 5.78. The van der Waals surface area contributed by atoms with Gasteiger partial charge in [0.25, 0.3) is 0 Å². The first-order valence-corrected chi connectivity index (χ1v) is 6.35. The highest BCUT2D eigenvalue weighted by Crippen LogP contribution is 2.26. The van der Waals surface area contributed by atoms with Crippen LogP contribution in [0.3, 0.4) is 0 Å². The SMILES string of the molecule is Cc1nc(C(C)C)ccc1Oc1ccc(Cl)cc1. The number of aromatic nitrogens is 1. The lowest BCUT2D eigenvalue weighted by Crippen LogP contribution is -1.97. The number of rotatable bonds is 3. The largest absolute Gasteiger partial charge is 0.455 e. The average Bonchev–Trinajstić information content (AvgIpc) is 2.34. The molecule has 0 aliphatic rings. The summed E-state index contributed by atoms with van der Waals surface area (Å²) in [4.78, 5) is 4.54. The van der Waals surface area contributed by atoms with Crippen molar-refractivity contribution in [3.63, 3.8) is 0 Å². The van der Waals surface area contributed by atoms with Crippen molar-refractivity contribution in [3.8, 4) is 11.5 Å². The molecular formula is C15H16ClNO. The molecule has 2 aromatic rings. The molecule has 1 heterocycles. The number of hydrogen-bond donors (Lipinski definition) is 0. The molecule has 2 rings (SSSR count). The van der Waals surface area contributed by atoms with Crippen LogP contribution in [-0.4, -0.2) is 4.98 Å².